The van der Waals surface area contributed by atoms with Crippen LogP contribution in [0, 0.1) is 0 Å². The van der Waals surface area contributed by atoms with Crippen molar-refractivity contribution in [3.05, 3.63) is 29.8 Å². The van der Waals surface area contributed by atoms with E-state index in [1.165, 1.54) is 0 Å². The molecule has 0 aliphatic carbocycles. The van der Waals surface area contributed by atoms with E-state index in [0.29, 0.717) is 43.8 Å². The Morgan fingerprint density at radius 2 is 2.13 bits per heavy atom. The maximum absolute atomic E-state index is 12.4. The molecule has 1 spiro atoms. The summed E-state index contributed by atoms with van der Waals surface area (Å²) in [5, 5.41) is 3.01. The van der Waals surface area contributed by atoms with Crippen LogP contribution in [0.4, 0.5) is 0 Å². The number of nitrogens with one attached hydrogen (secondary N) is 1. The molecule has 1 fully saturated rings. The Kier molecular flexibility index (Phi) is 4.07. The highest BCUT2D eigenvalue weighted by atomic mass is 16.5. The van der Waals surface area contributed by atoms with Crippen LogP contribution in [-0.4, -0.2) is 48.3 Å². The molecule has 1 aromatic carbocycles. The van der Waals surface area contributed by atoms with Crippen LogP contribution < -0.4 is 10.1 Å². The zero-order valence-corrected chi connectivity index (χ0v) is 13.5. The molecule has 23 heavy (non-hydrogen) atoms. The molecule has 0 unspecified atom stereocenters. The average molecular weight is 315 g/mol. The largest absolute Gasteiger partial charge is 0.497 e. The van der Waals surface area contributed by atoms with Crippen molar-refractivity contribution in [3.8, 4) is 5.75 Å². The first-order valence-corrected chi connectivity index (χ1v) is 7.91. The van der Waals surface area contributed by atoms with E-state index in [9.17, 15) is 9.59 Å². The van der Waals surface area contributed by atoms with Crippen LogP contribution in [0.25, 0.3) is 0 Å². The summed E-state index contributed by atoms with van der Waals surface area (Å²) in [6.07, 6.45) is 1.81. The molecule has 2 heterocycles. The van der Waals surface area contributed by atoms with Gasteiger partial charge in [-0.15, -0.1) is 0 Å². The number of methoxy groups -OCH3 is 1. The smallest absolute Gasteiger partial charge is 0.272 e. The summed E-state index contributed by atoms with van der Waals surface area (Å²) in [5.74, 6) is 0.692. The predicted octanol–water partition coefficient (Wildman–Crippen LogP) is 1.34. The number of rotatable bonds is 3. The summed E-state index contributed by atoms with van der Waals surface area (Å²) >= 11 is 0. The lowest BCUT2D eigenvalue weighted by molar-refractivity contribution is -0.132. The van der Waals surface area contributed by atoms with Gasteiger partial charge in [-0.3, -0.25) is 14.6 Å². The van der Waals surface area contributed by atoms with E-state index in [-0.39, 0.29) is 11.8 Å². The van der Waals surface area contributed by atoms with Gasteiger partial charge in [-0.05, 0) is 12.1 Å². The van der Waals surface area contributed by atoms with Crippen molar-refractivity contribution < 1.29 is 14.3 Å². The molecule has 1 N–H and O–H groups in total. The maximum Gasteiger partial charge on any atom is 0.272 e. The quantitative estimate of drug-likeness (QED) is 0.915. The third-order valence-corrected chi connectivity index (χ3v) is 4.48. The Balaban J connectivity index is 1.80. The lowest BCUT2D eigenvalue weighted by Gasteiger charge is -2.37. The number of carbonyl (C=O) groups excluding carboxylic acids is 2. The topological polar surface area (TPSA) is 71.0 Å². The second-order valence-corrected chi connectivity index (χ2v) is 5.91. The molecule has 0 aromatic heterocycles. The highest BCUT2D eigenvalue weighted by molar-refractivity contribution is 6.46. The molecule has 2 aliphatic heterocycles. The SMILES string of the molecule is CCC(=O)N1CCC2(CC1)N=C(c1cccc(OC)c1)C(=O)N2. The number of hydrogen-bond acceptors (Lipinski definition) is 4. The van der Waals surface area contributed by atoms with Crippen LogP contribution in [0.15, 0.2) is 29.3 Å². The van der Waals surface area contributed by atoms with Gasteiger partial charge in [0, 0.05) is 37.9 Å². The third kappa shape index (κ3) is 2.93. The van der Waals surface area contributed by atoms with Crippen molar-refractivity contribution in [1.29, 1.82) is 0 Å². The number of ether oxygens (including phenoxy) is 1. The molecule has 0 saturated carbocycles. The van der Waals surface area contributed by atoms with Crippen LogP contribution in [0.5, 0.6) is 5.75 Å². The van der Waals surface area contributed by atoms with Crippen molar-refractivity contribution in [2.75, 3.05) is 20.2 Å². The first kappa shape index (κ1) is 15.5. The fourth-order valence-corrected chi connectivity index (χ4v) is 3.12. The zero-order valence-electron chi connectivity index (χ0n) is 13.5. The molecule has 3 rings (SSSR count). The minimum absolute atomic E-state index is 0.154. The zero-order chi connectivity index (χ0) is 16.4. The number of piperidine rings is 1. The maximum atomic E-state index is 12.4. The Bertz CT molecular complexity index is 661. The van der Waals surface area contributed by atoms with Gasteiger partial charge >= 0.3 is 0 Å². The van der Waals surface area contributed by atoms with E-state index >= 15 is 0 Å². The predicted molar refractivity (Wildman–Crippen MR) is 86.5 cm³/mol. The fraction of sp³-hybridized carbons (Fsp3) is 0.471. The molecule has 122 valence electrons. The van der Waals surface area contributed by atoms with Crippen LogP contribution >= 0.6 is 0 Å². The van der Waals surface area contributed by atoms with Gasteiger partial charge in [0.15, 0.2) is 0 Å². The Morgan fingerprint density at radius 3 is 2.78 bits per heavy atom. The number of carbonyl (C=O) groups is 2. The van der Waals surface area contributed by atoms with E-state index in [2.05, 4.69) is 10.3 Å². The van der Waals surface area contributed by atoms with Crippen molar-refractivity contribution in [2.24, 2.45) is 4.99 Å². The number of likely N-dealkylation sites (tertiary alicyclic amines) is 1. The van der Waals surface area contributed by atoms with Crippen molar-refractivity contribution in [2.45, 2.75) is 31.8 Å². The average Bonchev–Trinajstić information content (AvgIpc) is 2.91. The van der Waals surface area contributed by atoms with Crippen LogP contribution in [0.2, 0.25) is 0 Å². The van der Waals surface area contributed by atoms with Gasteiger partial charge in [0.1, 0.15) is 17.1 Å². The normalized spacial score (nSPS) is 19.5. The Morgan fingerprint density at radius 1 is 1.39 bits per heavy atom. The number of benzene rings is 1. The summed E-state index contributed by atoms with van der Waals surface area (Å²) in [7, 11) is 1.59. The molecular formula is C17H21N3O3. The second-order valence-electron chi connectivity index (χ2n) is 5.91. The molecule has 1 saturated heterocycles. The fourth-order valence-electron chi connectivity index (χ4n) is 3.12. The molecule has 1 aromatic rings. The minimum atomic E-state index is -0.569. The number of amides is 2. The lowest BCUT2D eigenvalue weighted by Crippen LogP contribution is -2.52. The molecule has 0 atom stereocenters. The molecule has 2 amide bonds. The second kappa shape index (κ2) is 6.02. The molecule has 2 aliphatic rings. The summed E-state index contributed by atoms with van der Waals surface area (Å²) in [5.41, 5.74) is 0.630. The number of aliphatic imine (C=N–C) groups is 1. The first-order valence-electron chi connectivity index (χ1n) is 7.91. The first-order chi connectivity index (χ1) is 11.1. The molecular weight excluding hydrogens is 294 g/mol. The summed E-state index contributed by atoms with van der Waals surface area (Å²) in [6.45, 7) is 3.12. The molecule has 0 bridgehead atoms. The summed E-state index contributed by atoms with van der Waals surface area (Å²) in [6, 6.07) is 7.35. The van der Waals surface area contributed by atoms with E-state index in [1.54, 1.807) is 7.11 Å². The Hall–Kier alpha value is -2.37. The molecule has 6 heteroatoms. The third-order valence-electron chi connectivity index (χ3n) is 4.48. The lowest BCUT2D eigenvalue weighted by atomic mass is 9.98. The van der Waals surface area contributed by atoms with Crippen molar-refractivity contribution in [3.63, 3.8) is 0 Å². The van der Waals surface area contributed by atoms with E-state index in [4.69, 9.17) is 4.74 Å². The summed E-state index contributed by atoms with van der Waals surface area (Å²) in [4.78, 5) is 30.7. The van der Waals surface area contributed by atoms with Crippen molar-refractivity contribution in [1.82, 2.24) is 10.2 Å². The highest BCUT2D eigenvalue weighted by Crippen LogP contribution is 2.29. The Labute approximate surface area is 135 Å². The van der Waals surface area contributed by atoms with E-state index in [0.717, 1.165) is 5.56 Å². The monoisotopic (exact) mass is 315 g/mol. The van der Waals surface area contributed by atoms with E-state index < -0.39 is 5.66 Å². The van der Waals surface area contributed by atoms with Gasteiger partial charge in [-0.25, -0.2) is 0 Å². The van der Waals surface area contributed by atoms with Gasteiger partial charge in [0.2, 0.25) is 5.91 Å². The minimum Gasteiger partial charge on any atom is -0.497 e. The molecule has 6 nitrogen and oxygen atoms in total. The molecule has 0 radical (unpaired) electrons. The standard InChI is InChI=1S/C17H21N3O3/c1-3-14(21)20-9-7-17(8-10-20)18-15(16(22)19-17)12-5-4-6-13(11-12)23-2/h4-6,11H,3,7-10H2,1-2H3,(H,19,22). The van der Waals surface area contributed by atoms with Crippen LogP contribution in [0.3, 0.4) is 0 Å². The summed E-state index contributed by atoms with van der Waals surface area (Å²) < 4.78 is 5.21. The number of nitrogens with zero attached hydrogens (tertiary/aromatic N) is 2. The van der Waals surface area contributed by atoms with Crippen LogP contribution in [0.1, 0.15) is 31.7 Å². The van der Waals surface area contributed by atoms with Crippen molar-refractivity contribution >= 4 is 17.5 Å². The van der Waals surface area contributed by atoms with Gasteiger partial charge in [-0.2, -0.15) is 0 Å². The van der Waals surface area contributed by atoms with Gasteiger partial charge in [0.25, 0.3) is 5.91 Å². The van der Waals surface area contributed by atoms with E-state index in [1.807, 2.05) is 36.1 Å². The van der Waals surface area contributed by atoms with Gasteiger partial charge in [-0.1, -0.05) is 19.1 Å². The van der Waals surface area contributed by atoms with Gasteiger partial charge in [0.05, 0.1) is 7.11 Å². The number of hydrogen-bond donors (Lipinski definition) is 1. The van der Waals surface area contributed by atoms with Gasteiger partial charge < -0.3 is 15.0 Å². The highest BCUT2D eigenvalue weighted by Gasteiger charge is 2.42. The van der Waals surface area contributed by atoms with Crippen LogP contribution in [-0.2, 0) is 9.59 Å².